The molecule has 0 saturated carbocycles. The fourth-order valence-electron chi connectivity index (χ4n) is 2.68. The maximum absolute atomic E-state index is 11.5. The molecule has 0 radical (unpaired) electrons. The van der Waals surface area contributed by atoms with E-state index in [1.165, 1.54) is 77.0 Å². The van der Waals surface area contributed by atoms with Gasteiger partial charge in [-0.3, -0.25) is 4.79 Å². The first-order valence-electron chi connectivity index (χ1n) is 9.75. The molecule has 0 aliphatic carbocycles. The van der Waals surface area contributed by atoms with Gasteiger partial charge in [0.25, 0.3) is 0 Å². The molecule has 3 nitrogen and oxygen atoms in total. The molecule has 0 aromatic carbocycles. The van der Waals surface area contributed by atoms with Gasteiger partial charge in [-0.2, -0.15) is 0 Å². The van der Waals surface area contributed by atoms with E-state index in [1.807, 2.05) is 6.92 Å². The third kappa shape index (κ3) is 26.6. The van der Waals surface area contributed by atoms with E-state index in [0.29, 0.717) is 6.42 Å². The highest BCUT2D eigenvalue weighted by Gasteiger charge is 2.04. The van der Waals surface area contributed by atoms with Crippen molar-refractivity contribution >= 4 is 43.1 Å². The number of rotatable bonds is 16. The summed E-state index contributed by atoms with van der Waals surface area (Å²) in [6.45, 7) is 4.25. The zero-order valence-electron chi connectivity index (χ0n) is 16.4. The van der Waals surface area contributed by atoms with E-state index in [2.05, 4.69) is 12.2 Å². The van der Waals surface area contributed by atoms with Crippen LogP contribution in [0.5, 0.6) is 0 Å². The van der Waals surface area contributed by atoms with Crippen LogP contribution < -0.4 is 11.1 Å². The highest BCUT2D eigenvalue weighted by Crippen LogP contribution is 2.12. The predicted molar refractivity (Wildman–Crippen MR) is 118 cm³/mol. The Morgan fingerprint density at radius 2 is 1.08 bits per heavy atom. The maximum atomic E-state index is 11.5. The van der Waals surface area contributed by atoms with Gasteiger partial charge < -0.3 is 11.1 Å². The second-order valence-electron chi connectivity index (χ2n) is 6.57. The SMILES string of the molecule is CCCCCCCCCCCCCCCC(=O)NC(N)CC.Cl.Cl.Cl. The lowest BCUT2D eigenvalue weighted by atomic mass is 10.0. The Bertz CT molecular complexity index is 257. The largest absolute Gasteiger partial charge is 0.341 e. The molecule has 1 unspecified atom stereocenters. The van der Waals surface area contributed by atoms with Gasteiger partial charge in [0, 0.05) is 6.42 Å². The Labute approximate surface area is 175 Å². The Balaban J connectivity index is -0.000000735. The Kier molecular flexibility index (Phi) is 34.9. The van der Waals surface area contributed by atoms with E-state index in [0.717, 1.165) is 12.8 Å². The monoisotopic (exact) mass is 420 g/mol. The van der Waals surface area contributed by atoms with Gasteiger partial charge in [0.05, 0.1) is 6.17 Å². The number of hydrogen-bond donors (Lipinski definition) is 2. The molecule has 0 fully saturated rings. The highest BCUT2D eigenvalue weighted by molar-refractivity contribution is 5.86. The van der Waals surface area contributed by atoms with Gasteiger partial charge in [-0.1, -0.05) is 90.9 Å². The van der Waals surface area contributed by atoms with Crippen molar-refractivity contribution < 1.29 is 4.79 Å². The number of nitrogens with one attached hydrogen (secondary N) is 1. The molecule has 0 heterocycles. The number of carbonyl (C=O) groups excluding carboxylic acids is 1. The van der Waals surface area contributed by atoms with Gasteiger partial charge in [0.2, 0.25) is 5.91 Å². The molecule has 0 bridgehead atoms. The summed E-state index contributed by atoms with van der Waals surface area (Å²) in [4.78, 5) is 11.5. The average molecular weight is 422 g/mol. The van der Waals surface area contributed by atoms with E-state index >= 15 is 0 Å². The molecule has 0 aliphatic rings. The summed E-state index contributed by atoms with van der Waals surface area (Å²) in [6.07, 6.45) is 18.6. The molecule has 1 atom stereocenters. The fourth-order valence-corrected chi connectivity index (χ4v) is 2.68. The van der Waals surface area contributed by atoms with Crippen molar-refractivity contribution in [2.45, 2.75) is 116 Å². The number of amides is 1. The Morgan fingerprint density at radius 3 is 1.44 bits per heavy atom. The molecule has 3 N–H and O–H groups in total. The van der Waals surface area contributed by atoms with Crippen LogP contribution >= 0.6 is 37.2 Å². The normalized spacial score (nSPS) is 10.8. The smallest absolute Gasteiger partial charge is 0.221 e. The molecular formula is C19H43Cl3N2O. The van der Waals surface area contributed by atoms with Crippen molar-refractivity contribution in [2.24, 2.45) is 5.73 Å². The van der Waals surface area contributed by atoms with Gasteiger partial charge in [-0.25, -0.2) is 0 Å². The molecule has 0 rings (SSSR count). The molecule has 0 aromatic heterocycles. The highest BCUT2D eigenvalue weighted by atomic mass is 35.5. The van der Waals surface area contributed by atoms with Crippen LogP contribution in [0, 0.1) is 0 Å². The third-order valence-electron chi connectivity index (χ3n) is 4.29. The first-order valence-corrected chi connectivity index (χ1v) is 9.75. The van der Waals surface area contributed by atoms with Crippen LogP contribution in [0.4, 0.5) is 0 Å². The second kappa shape index (κ2) is 26.5. The van der Waals surface area contributed by atoms with Crippen molar-refractivity contribution in [1.82, 2.24) is 5.32 Å². The van der Waals surface area contributed by atoms with Crippen LogP contribution in [-0.2, 0) is 4.79 Å². The zero-order chi connectivity index (χ0) is 16.5. The van der Waals surface area contributed by atoms with E-state index < -0.39 is 0 Å². The maximum Gasteiger partial charge on any atom is 0.221 e. The first kappa shape index (κ1) is 32.9. The number of hydrogen-bond acceptors (Lipinski definition) is 2. The van der Waals surface area contributed by atoms with Crippen molar-refractivity contribution in [3.8, 4) is 0 Å². The summed E-state index contributed by atoms with van der Waals surface area (Å²) in [5.41, 5.74) is 5.69. The van der Waals surface area contributed by atoms with E-state index in [1.54, 1.807) is 0 Å². The van der Waals surface area contributed by atoms with Gasteiger partial charge in [-0.15, -0.1) is 37.2 Å². The van der Waals surface area contributed by atoms with Crippen LogP contribution in [0.2, 0.25) is 0 Å². The van der Waals surface area contributed by atoms with Gasteiger partial charge >= 0.3 is 0 Å². The lowest BCUT2D eigenvalue weighted by Gasteiger charge is -2.10. The topological polar surface area (TPSA) is 55.1 Å². The number of nitrogens with two attached hydrogens (primary N) is 1. The lowest BCUT2D eigenvalue weighted by Crippen LogP contribution is -2.40. The molecule has 25 heavy (non-hydrogen) atoms. The minimum absolute atomic E-state index is 0. The van der Waals surface area contributed by atoms with Crippen molar-refractivity contribution in [2.75, 3.05) is 0 Å². The molecule has 1 amide bonds. The molecule has 0 aromatic rings. The standard InChI is InChI=1S/C19H40N2O.3ClH/c1-3-5-6-7-8-9-10-11-12-13-14-15-16-17-19(22)21-18(20)4-2;;;/h18H,3-17,20H2,1-2H3,(H,21,22);3*1H. The molecule has 0 aliphatic heterocycles. The van der Waals surface area contributed by atoms with Crippen LogP contribution in [-0.4, -0.2) is 12.1 Å². The lowest BCUT2D eigenvalue weighted by molar-refractivity contribution is -0.121. The summed E-state index contributed by atoms with van der Waals surface area (Å²) in [5.74, 6) is 0.109. The first-order chi connectivity index (χ1) is 10.7. The van der Waals surface area contributed by atoms with Crippen molar-refractivity contribution in [3.05, 3.63) is 0 Å². The summed E-state index contributed by atoms with van der Waals surface area (Å²) >= 11 is 0. The van der Waals surface area contributed by atoms with Crippen LogP contribution in [0.15, 0.2) is 0 Å². The number of halogens is 3. The quantitative estimate of drug-likeness (QED) is 0.219. The number of carbonyl (C=O) groups is 1. The van der Waals surface area contributed by atoms with Gasteiger partial charge in [0.1, 0.15) is 0 Å². The van der Waals surface area contributed by atoms with E-state index in [4.69, 9.17) is 5.73 Å². The summed E-state index contributed by atoms with van der Waals surface area (Å²) in [6, 6.07) is 0. The molecule has 156 valence electrons. The summed E-state index contributed by atoms with van der Waals surface area (Å²) < 4.78 is 0. The molecule has 0 spiro atoms. The minimum atomic E-state index is -0.172. The second-order valence-corrected chi connectivity index (χ2v) is 6.57. The zero-order valence-corrected chi connectivity index (χ0v) is 18.8. The van der Waals surface area contributed by atoms with E-state index in [9.17, 15) is 4.79 Å². The molecule has 0 saturated heterocycles. The molecular weight excluding hydrogens is 379 g/mol. The van der Waals surface area contributed by atoms with Crippen molar-refractivity contribution in [3.63, 3.8) is 0 Å². The Morgan fingerprint density at radius 1 is 0.720 bits per heavy atom. The third-order valence-corrected chi connectivity index (χ3v) is 4.29. The van der Waals surface area contributed by atoms with Gasteiger partial charge in [0.15, 0.2) is 0 Å². The van der Waals surface area contributed by atoms with Crippen LogP contribution in [0.3, 0.4) is 0 Å². The fraction of sp³-hybridized carbons (Fsp3) is 0.947. The molecule has 6 heteroatoms. The number of unbranched alkanes of at least 4 members (excludes halogenated alkanes) is 12. The average Bonchev–Trinajstić information content (AvgIpc) is 2.51. The summed E-state index contributed by atoms with van der Waals surface area (Å²) in [5, 5.41) is 2.81. The summed E-state index contributed by atoms with van der Waals surface area (Å²) in [7, 11) is 0. The minimum Gasteiger partial charge on any atom is -0.341 e. The van der Waals surface area contributed by atoms with Gasteiger partial charge in [-0.05, 0) is 12.8 Å². The van der Waals surface area contributed by atoms with Crippen molar-refractivity contribution in [1.29, 1.82) is 0 Å². The Hall–Kier alpha value is 0.300. The van der Waals surface area contributed by atoms with Crippen LogP contribution in [0.25, 0.3) is 0 Å². The van der Waals surface area contributed by atoms with Crippen LogP contribution in [0.1, 0.15) is 110 Å². The van der Waals surface area contributed by atoms with E-state index in [-0.39, 0.29) is 49.3 Å². The predicted octanol–water partition coefficient (Wildman–Crippen LogP) is 6.54.